The van der Waals surface area contributed by atoms with Crippen molar-refractivity contribution in [1.29, 1.82) is 0 Å². The van der Waals surface area contributed by atoms with E-state index >= 15 is 0 Å². The number of hydrogen-bond donors (Lipinski definition) is 0. The van der Waals surface area contributed by atoms with Crippen LogP contribution in [0.3, 0.4) is 0 Å². The first-order chi connectivity index (χ1) is 12.0. The number of halogens is 2. The van der Waals surface area contributed by atoms with E-state index in [-0.39, 0.29) is 11.8 Å². The molecule has 0 aliphatic carbocycles. The molecule has 0 radical (unpaired) electrons. The minimum Gasteiger partial charge on any atom is -0.339 e. The molecule has 0 atom stereocenters. The highest BCUT2D eigenvalue weighted by atomic mass is 35.5. The Bertz CT molecular complexity index is 788. The number of likely N-dealkylation sites (tertiary alicyclic amines) is 1. The number of carbonyl (C=O) groups excluding carboxylic acids is 1. The van der Waals surface area contributed by atoms with Crippen LogP contribution in [0.2, 0.25) is 10.0 Å². The van der Waals surface area contributed by atoms with E-state index in [2.05, 4.69) is 10.1 Å². The summed E-state index contributed by atoms with van der Waals surface area (Å²) in [5, 5.41) is 5.01. The maximum Gasteiger partial charge on any atom is 0.249 e. The van der Waals surface area contributed by atoms with Gasteiger partial charge in [-0.15, -0.1) is 0 Å². The molecule has 7 heteroatoms. The topological polar surface area (TPSA) is 59.2 Å². The van der Waals surface area contributed by atoms with E-state index in [9.17, 15) is 4.79 Å². The summed E-state index contributed by atoms with van der Waals surface area (Å²) in [4.78, 5) is 18.6. The number of nitrogens with zero attached hydrogens (tertiary/aromatic N) is 3. The van der Waals surface area contributed by atoms with Crippen LogP contribution >= 0.6 is 23.2 Å². The van der Waals surface area contributed by atoms with E-state index in [0.717, 1.165) is 18.4 Å². The molecular formula is C18H19Cl2N3O2. The van der Waals surface area contributed by atoms with Gasteiger partial charge in [0, 0.05) is 24.6 Å². The van der Waals surface area contributed by atoms with Gasteiger partial charge in [-0.3, -0.25) is 4.79 Å². The Kier molecular flexibility index (Phi) is 5.45. The molecule has 1 fully saturated rings. The van der Waals surface area contributed by atoms with Crippen LogP contribution in [0.5, 0.6) is 0 Å². The van der Waals surface area contributed by atoms with Gasteiger partial charge >= 0.3 is 0 Å². The van der Waals surface area contributed by atoms with Gasteiger partial charge in [0.2, 0.25) is 17.6 Å². The Labute approximate surface area is 156 Å². The second-order valence-corrected chi connectivity index (χ2v) is 6.91. The van der Waals surface area contributed by atoms with Gasteiger partial charge in [-0.2, -0.15) is 4.98 Å². The third-order valence-electron chi connectivity index (χ3n) is 4.53. The van der Waals surface area contributed by atoms with Crippen LogP contribution < -0.4 is 0 Å². The molecule has 1 aromatic heterocycles. The maximum absolute atomic E-state index is 12.2. The lowest BCUT2D eigenvalue weighted by atomic mass is 9.96. The van der Waals surface area contributed by atoms with Crippen molar-refractivity contribution < 1.29 is 9.32 Å². The molecule has 1 saturated heterocycles. The zero-order valence-electron chi connectivity index (χ0n) is 14.1. The highest BCUT2D eigenvalue weighted by Crippen LogP contribution is 2.34. The maximum atomic E-state index is 12.2. The smallest absolute Gasteiger partial charge is 0.249 e. The molecule has 1 aliphatic rings. The molecule has 2 aromatic rings. The Morgan fingerprint density at radius 3 is 2.52 bits per heavy atom. The molecular weight excluding hydrogens is 361 g/mol. The molecule has 1 aliphatic heterocycles. The molecule has 0 N–H and O–H groups in total. The van der Waals surface area contributed by atoms with Crippen LogP contribution in [0.1, 0.15) is 38.5 Å². The van der Waals surface area contributed by atoms with Crippen molar-refractivity contribution in [2.24, 2.45) is 0 Å². The molecule has 1 aromatic carbocycles. The highest BCUT2D eigenvalue weighted by Gasteiger charge is 2.28. The second kappa shape index (κ2) is 7.58. The van der Waals surface area contributed by atoms with Gasteiger partial charge in [0.25, 0.3) is 0 Å². The summed E-state index contributed by atoms with van der Waals surface area (Å²) in [7, 11) is 0. The van der Waals surface area contributed by atoms with Crippen LogP contribution in [0.25, 0.3) is 11.4 Å². The monoisotopic (exact) mass is 379 g/mol. The fraction of sp³-hybridized carbons (Fsp3) is 0.389. The molecule has 1 amide bonds. The fourth-order valence-corrected chi connectivity index (χ4v) is 3.48. The summed E-state index contributed by atoms with van der Waals surface area (Å²) in [6.07, 6.45) is 3.42. The van der Waals surface area contributed by atoms with E-state index in [1.54, 1.807) is 18.2 Å². The molecule has 0 saturated carbocycles. The molecule has 5 nitrogen and oxygen atoms in total. The number of aromatic nitrogens is 2. The van der Waals surface area contributed by atoms with E-state index in [1.807, 2.05) is 24.8 Å². The van der Waals surface area contributed by atoms with Crippen molar-refractivity contribution >= 4 is 29.1 Å². The minimum absolute atomic E-state index is 0.0926. The summed E-state index contributed by atoms with van der Waals surface area (Å²) in [6, 6.07) is 5.26. The Balaban J connectivity index is 1.72. The number of amides is 1. The van der Waals surface area contributed by atoms with E-state index in [0.29, 0.717) is 40.4 Å². The zero-order valence-corrected chi connectivity index (χ0v) is 15.6. The SMILES string of the molecule is C/C=C(\C)C(=O)N1CCC(c2nc(-c3c(Cl)cccc3Cl)no2)CC1. The first kappa shape index (κ1) is 18.0. The van der Waals surface area contributed by atoms with Crippen molar-refractivity contribution in [3.05, 3.63) is 45.8 Å². The molecule has 25 heavy (non-hydrogen) atoms. The molecule has 2 heterocycles. The number of benzene rings is 1. The average Bonchev–Trinajstić information content (AvgIpc) is 3.10. The van der Waals surface area contributed by atoms with Gasteiger partial charge < -0.3 is 9.42 Å². The van der Waals surface area contributed by atoms with Gasteiger partial charge in [-0.25, -0.2) is 0 Å². The third kappa shape index (κ3) is 3.72. The lowest BCUT2D eigenvalue weighted by Gasteiger charge is -2.30. The van der Waals surface area contributed by atoms with Crippen molar-refractivity contribution in [2.75, 3.05) is 13.1 Å². The second-order valence-electron chi connectivity index (χ2n) is 6.09. The van der Waals surface area contributed by atoms with Crippen molar-refractivity contribution in [3.63, 3.8) is 0 Å². The highest BCUT2D eigenvalue weighted by molar-refractivity contribution is 6.38. The Morgan fingerprint density at radius 1 is 1.28 bits per heavy atom. The van der Waals surface area contributed by atoms with Gasteiger partial charge in [0.05, 0.1) is 15.6 Å². The van der Waals surface area contributed by atoms with Gasteiger partial charge in [-0.1, -0.05) is 40.5 Å². The summed E-state index contributed by atoms with van der Waals surface area (Å²) in [5.41, 5.74) is 1.35. The summed E-state index contributed by atoms with van der Waals surface area (Å²) in [5.74, 6) is 1.20. The van der Waals surface area contributed by atoms with Crippen molar-refractivity contribution in [2.45, 2.75) is 32.6 Å². The normalized spacial score (nSPS) is 16.3. The number of hydrogen-bond acceptors (Lipinski definition) is 4. The number of rotatable bonds is 3. The summed E-state index contributed by atoms with van der Waals surface area (Å²) in [6.45, 7) is 5.07. The molecule has 3 rings (SSSR count). The van der Waals surface area contributed by atoms with E-state index in [4.69, 9.17) is 27.7 Å². The van der Waals surface area contributed by atoms with E-state index in [1.165, 1.54) is 0 Å². The Hall–Kier alpha value is -1.85. The van der Waals surface area contributed by atoms with Crippen molar-refractivity contribution in [3.8, 4) is 11.4 Å². The molecule has 0 unspecified atom stereocenters. The largest absolute Gasteiger partial charge is 0.339 e. The quantitative estimate of drug-likeness (QED) is 0.724. The minimum atomic E-state index is 0.0926. The Morgan fingerprint density at radius 2 is 1.92 bits per heavy atom. The molecule has 0 bridgehead atoms. The van der Waals surface area contributed by atoms with Crippen LogP contribution in [-0.4, -0.2) is 34.0 Å². The number of carbonyl (C=O) groups is 1. The average molecular weight is 380 g/mol. The van der Waals surface area contributed by atoms with Crippen molar-refractivity contribution in [1.82, 2.24) is 15.0 Å². The predicted octanol–water partition coefficient (Wildman–Crippen LogP) is 4.72. The summed E-state index contributed by atoms with van der Waals surface area (Å²) < 4.78 is 5.44. The fourth-order valence-electron chi connectivity index (χ4n) is 2.92. The standard InChI is InChI=1S/C18H19Cl2N3O2/c1-3-11(2)18(24)23-9-7-12(8-10-23)17-21-16(22-25-17)15-13(19)5-4-6-14(15)20/h3-6,12H,7-10H2,1-2H3/b11-3+. The van der Waals surface area contributed by atoms with Gasteiger partial charge in [0.15, 0.2) is 0 Å². The molecule has 0 spiro atoms. The van der Waals surface area contributed by atoms with Gasteiger partial charge in [0.1, 0.15) is 0 Å². The number of allylic oxidation sites excluding steroid dienone is 1. The first-order valence-corrected chi connectivity index (χ1v) is 8.97. The predicted molar refractivity (Wildman–Crippen MR) is 97.7 cm³/mol. The van der Waals surface area contributed by atoms with Crippen LogP contribution in [0, 0.1) is 0 Å². The first-order valence-electron chi connectivity index (χ1n) is 8.21. The van der Waals surface area contributed by atoms with Gasteiger partial charge in [-0.05, 0) is 38.8 Å². The van der Waals surface area contributed by atoms with Crippen LogP contribution in [0.15, 0.2) is 34.4 Å². The van der Waals surface area contributed by atoms with Crippen LogP contribution in [-0.2, 0) is 4.79 Å². The third-order valence-corrected chi connectivity index (χ3v) is 5.16. The zero-order chi connectivity index (χ0) is 18.0. The molecule has 132 valence electrons. The lowest BCUT2D eigenvalue weighted by Crippen LogP contribution is -2.38. The number of piperidine rings is 1. The lowest BCUT2D eigenvalue weighted by molar-refractivity contribution is -0.128. The van der Waals surface area contributed by atoms with E-state index < -0.39 is 0 Å². The van der Waals surface area contributed by atoms with Crippen LogP contribution in [0.4, 0.5) is 0 Å². The summed E-state index contributed by atoms with van der Waals surface area (Å²) >= 11 is 12.4.